The summed E-state index contributed by atoms with van der Waals surface area (Å²) in [5, 5.41) is 81.7. The Balaban J connectivity index is 0.000000456. The van der Waals surface area contributed by atoms with Crippen LogP contribution in [-0.2, 0) is 61.6 Å². The van der Waals surface area contributed by atoms with Crippen LogP contribution in [0.15, 0.2) is 0 Å². The van der Waals surface area contributed by atoms with Crippen molar-refractivity contribution in [3.63, 3.8) is 0 Å². The van der Waals surface area contributed by atoms with E-state index in [0.717, 1.165) is 124 Å². The van der Waals surface area contributed by atoms with Gasteiger partial charge in [-0.1, -0.05) is 13.8 Å². The third-order valence-electron chi connectivity index (χ3n) is 11.7. The minimum absolute atomic E-state index is 0.224. The topological polar surface area (TPSA) is 302 Å². The zero-order valence-corrected chi connectivity index (χ0v) is 53.3. The number of aliphatic hydroxyl groups excluding tert-OH is 9. The van der Waals surface area contributed by atoms with E-state index in [0.29, 0.717) is 89.8 Å². The highest BCUT2D eigenvalue weighted by atomic mass is 32.2. The van der Waals surface area contributed by atoms with Crippen LogP contribution >= 0.6 is 58.8 Å². The molecule has 486 valence electrons. The van der Waals surface area contributed by atoms with Crippen LogP contribution in [0.3, 0.4) is 0 Å². The fourth-order valence-electron chi connectivity index (χ4n) is 6.98. The molecule has 9 fully saturated rings. The lowest BCUT2D eigenvalue weighted by Crippen LogP contribution is -2.26. The highest BCUT2D eigenvalue weighted by Gasteiger charge is 2.17. The van der Waals surface area contributed by atoms with Gasteiger partial charge in [-0.2, -0.15) is 58.8 Å². The Kier molecular flexibility index (Phi) is 55.4. The van der Waals surface area contributed by atoms with Crippen LogP contribution in [0.2, 0.25) is 0 Å². The third-order valence-corrected chi connectivity index (χ3v) is 17.5. The lowest BCUT2D eigenvalue weighted by molar-refractivity contribution is -0.161. The van der Waals surface area contributed by atoms with Crippen LogP contribution in [0.4, 0.5) is 0 Å². The molecule has 0 aromatic heterocycles. The summed E-state index contributed by atoms with van der Waals surface area (Å²) in [5.74, 6) is 7.04. The molecule has 9 heterocycles. The molecule has 9 rings (SSSR count). The second-order valence-electron chi connectivity index (χ2n) is 19.7. The molecule has 27 heteroatoms. The molecule has 0 amide bonds. The highest BCUT2D eigenvalue weighted by Crippen LogP contribution is 2.21. The highest BCUT2D eigenvalue weighted by molar-refractivity contribution is 8.00. The predicted octanol–water partition coefficient (Wildman–Crippen LogP) is 4.76. The van der Waals surface area contributed by atoms with Crippen LogP contribution < -0.4 is 0 Å². The van der Waals surface area contributed by atoms with Gasteiger partial charge in [0.1, 0.15) is 0 Å². The first kappa shape index (κ1) is 79.9. The molecule has 0 spiro atoms. The molecule has 0 aromatic rings. The lowest BCUT2D eigenvalue weighted by atomic mass is 10.2. The largest absolute Gasteiger partial charge is 0.376 e. The van der Waals surface area contributed by atoms with E-state index in [1.165, 1.54) is 18.6 Å². The van der Waals surface area contributed by atoms with E-state index in [1.54, 1.807) is 58.8 Å². The van der Waals surface area contributed by atoms with Crippen molar-refractivity contribution in [1.29, 1.82) is 0 Å². The standard InChI is InChI=1S/C7H14O3.C7H14O2S.2C6H12O3.3C6H12O2S.C5H10O3.C5H10O2S/c2*1-6-3-2-4-9-7(8)5-10-6;1-5-2-3-8-6(7)4-9-5;7-6-5-8-3-1-2-4-9-6;1-5-2-3-9-4-6(7)8-5;1-5-2-3-8-6(7)4-9-5;7-6-5-9-4-2-1-3-8-6;6-5-4-7-2-1-3-8-5;6-5-4-8-3-1-2-7-5/h2*6-8H,2-5H2,1H3;5-7H,2-4H2,1H3;6-7H,1-5H2;2*5-7H,2-4H2,1H3;6-7H,1-5H2;2*5-6H,1-4H2. The van der Waals surface area contributed by atoms with Gasteiger partial charge < -0.3 is 108 Å². The molecule has 0 bridgehead atoms. The van der Waals surface area contributed by atoms with E-state index in [4.69, 9.17) is 108 Å². The first-order chi connectivity index (χ1) is 39.0. The van der Waals surface area contributed by atoms with Gasteiger partial charge in [-0.3, -0.25) is 0 Å². The summed E-state index contributed by atoms with van der Waals surface area (Å²) >= 11 is 8.82. The van der Waals surface area contributed by atoms with Crippen LogP contribution in [0.25, 0.3) is 0 Å². The monoisotopic (exact) mass is 1270 g/mol. The van der Waals surface area contributed by atoms with Gasteiger partial charge in [-0.25, -0.2) is 0 Å². The van der Waals surface area contributed by atoms with Gasteiger partial charge in [0.15, 0.2) is 56.6 Å². The van der Waals surface area contributed by atoms with Crippen molar-refractivity contribution >= 4 is 58.8 Å². The molecule has 14 atom stereocenters. The number of thioether (sulfide) groups is 5. The minimum Gasteiger partial charge on any atom is -0.376 e. The molecular weight excluding hydrogens is 1160 g/mol. The SMILES string of the molecule is CC1CCCOC(O)CO1.CC1CCCOC(O)CS1.CC1CCOC(O)CO1.CC1CCOC(O)CS1.CC1CCSCC(O)O1.OC1COCCCCO1.OC1COCCCO1.OC1CSCCCCO1.OC1CSCCCO1. The van der Waals surface area contributed by atoms with E-state index in [9.17, 15) is 0 Å². The van der Waals surface area contributed by atoms with Crippen LogP contribution in [0, 0.1) is 0 Å². The van der Waals surface area contributed by atoms with Gasteiger partial charge in [-0.15, -0.1) is 0 Å². The summed E-state index contributed by atoms with van der Waals surface area (Å²) in [5.41, 5.74) is 0. The number of rotatable bonds is 0. The maximum absolute atomic E-state index is 9.09. The first-order valence-corrected chi connectivity index (χ1v) is 34.6. The number of hydrogen-bond donors (Lipinski definition) is 9. The van der Waals surface area contributed by atoms with Crippen LogP contribution in [0.5, 0.6) is 0 Å². The Bertz CT molecular complexity index is 1160. The van der Waals surface area contributed by atoms with Gasteiger partial charge in [0.2, 0.25) is 0 Å². The van der Waals surface area contributed by atoms with E-state index in [2.05, 4.69) is 13.8 Å². The van der Waals surface area contributed by atoms with E-state index in [-0.39, 0.29) is 18.3 Å². The summed E-state index contributed by atoms with van der Waals surface area (Å²) in [4.78, 5) is 0. The van der Waals surface area contributed by atoms with E-state index >= 15 is 0 Å². The summed E-state index contributed by atoms with van der Waals surface area (Å²) in [6, 6.07) is 0. The summed E-state index contributed by atoms with van der Waals surface area (Å²) in [7, 11) is 0. The molecule has 0 aliphatic carbocycles. The van der Waals surface area contributed by atoms with Crippen molar-refractivity contribution in [1.82, 2.24) is 0 Å². The Morgan fingerprint density at radius 3 is 1.26 bits per heavy atom. The smallest absolute Gasteiger partial charge is 0.178 e. The van der Waals surface area contributed by atoms with Crippen molar-refractivity contribution in [3.8, 4) is 0 Å². The van der Waals surface area contributed by atoms with E-state index in [1.807, 2.05) is 20.8 Å². The summed E-state index contributed by atoms with van der Waals surface area (Å²) in [6.07, 6.45) is 8.80. The van der Waals surface area contributed by atoms with Crippen LogP contribution in [0.1, 0.15) is 118 Å². The molecule has 9 N–H and O–H groups in total. The zero-order valence-electron chi connectivity index (χ0n) is 49.2. The molecule has 22 nitrogen and oxygen atoms in total. The summed E-state index contributed by atoms with van der Waals surface area (Å²) < 4.78 is 65.1. The molecule has 81 heavy (non-hydrogen) atoms. The van der Waals surface area contributed by atoms with Gasteiger partial charge in [0.05, 0.1) is 71.2 Å². The van der Waals surface area contributed by atoms with Gasteiger partial charge in [0.25, 0.3) is 0 Å². The van der Waals surface area contributed by atoms with E-state index < -0.39 is 56.6 Å². The molecule has 14 unspecified atom stereocenters. The second-order valence-corrected chi connectivity index (χ2v) is 26.1. The van der Waals surface area contributed by atoms with Gasteiger partial charge >= 0.3 is 0 Å². The fraction of sp³-hybridized carbons (Fsp3) is 1.00. The third kappa shape index (κ3) is 54.7. The molecule has 9 aliphatic rings. The quantitative estimate of drug-likeness (QED) is 0.158. The Morgan fingerprint density at radius 1 is 0.272 bits per heavy atom. The zero-order chi connectivity index (χ0) is 59.6. The van der Waals surface area contributed by atoms with Crippen molar-refractivity contribution in [2.24, 2.45) is 0 Å². The van der Waals surface area contributed by atoms with Crippen molar-refractivity contribution in [2.75, 3.05) is 139 Å². The average molecular weight is 1270 g/mol. The molecular formula is C54H108O22S5. The number of ether oxygens (including phenoxy) is 13. The number of aliphatic hydroxyl groups is 9. The fourth-order valence-corrected chi connectivity index (χ4v) is 11.4. The second kappa shape index (κ2) is 56.1. The Hall–Kier alpha value is 0.870. The van der Waals surface area contributed by atoms with Crippen molar-refractivity contribution < 1.29 is 108 Å². The first-order valence-electron chi connectivity index (χ1n) is 29.1. The summed E-state index contributed by atoms with van der Waals surface area (Å²) in [6.45, 7) is 18.4. The van der Waals surface area contributed by atoms with Gasteiger partial charge in [-0.05, 0) is 122 Å². The van der Waals surface area contributed by atoms with Crippen LogP contribution in [-0.4, -0.2) is 270 Å². The molecule has 0 aromatic carbocycles. The normalized spacial score (nSPS) is 34.9. The minimum atomic E-state index is -0.720. The maximum Gasteiger partial charge on any atom is 0.178 e. The average Bonchev–Trinajstić information content (AvgIpc) is 4.03. The lowest BCUT2D eigenvalue weighted by Gasteiger charge is -2.20. The number of hydrogen-bond acceptors (Lipinski definition) is 27. The Labute approximate surface area is 505 Å². The van der Waals surface area contributed by atoms with Gasteiger partial charge in [0, 0.05) is 78.9 Å². The predicted molar refractivity (Wildman–Crippen MR) is 321 cm³/mol. The molecule has 9 saturated heterocycles. The van der Waals surface area contributed by atoms with Crippen molar-refractivity contribution in [2.45, 2.75) is 204 Å². The van der Waals surface area contributed by atoms with Crippen molar-refractivity contribution in [3.05, 3.63) is 0 Å². The molecule has 0 radical (unpaired) electrons. The molecule has 9 aliphatic heterocycles. The maximum atomic E-state index is 9.09. The molecule has 0 saturated carbocycles. The Morgan fingerprint density at radius 2 is 0.654 bits per heavy atom.